The van der Waals surface area contributed by atoms with Gasteiger partial charge in [0, 0.05) is 30.0 Å². The van der Waals surface area contributed by atoms with Crippen LogP contribution in [-0.2, 0) is 13.0 Å². The van der Waals surface area contributed by atoms with Crippen molar-refractivity contribution in [3.05, 3.63) is 44.1 Å². The third kappa shape index (κ3) is 4.06. The quantitative estimate of drug-likeness (QED) is 0.554. The van der Waals surface area contributed by atoms with Crippen molar-refractivity contribution in [2.75, 3.05) is 5.32 Å². The van der Waals surface area contributed by atoms with E-state index in [0.717, 1.165) is 16.2 Å². The molecular formula is C16H15Cl2F2N3OS. The molecule has 3 N–H and O–H groups in total. The molecule has 4 nitrogen and oxygen atoms in total. The minimum absolute atomic E-state index is 0.139. The Kier molecular flexibility index (Phi) is 5.48. The van der Waals surface area contributed by atoms with E-state index in [9.17, 15) is 8.78 Å². The molecule has 134 valence electrons. The number of halogens is 4. The van der Waals surface area contributed by atoms with E-state index in [-0.39, 0.29) is 21.7 Å². The number of rotatable bonds is 6. The molecule has 2 atom stereocenters. The minimum Gasteiger partial charge on any atom is -0.455 e. The Morgan fingerprint density at radius 3 is 2.80 bits per heavy atom. The largest absolute Gasteiger partial charge is 0.455 e. The number of fused-ring (bicyclic) bond motifs is 1. The van der Waals surface area contributed by atoms with Gasteiger partial charge in [-0.25, -0.2) is 9.37 Å². The van der Waals surface area contributed by atoms with E-state index in [1.807, 2.05) is 0 Å². The van der Waals surface area contributed by atoms with Crippen LogP contribution in [-0.4, -0.2) is 17.2 Å². The van der Waals surface area contributed by atoms with Crippen LogP contribution in [0, 0.1) is 5.13 Å². The fourth-order valence-corrected chi connectivity index (χ4v) is 3.43. The zero-order valence-corrected chi connectivity index (χ0v) is 15.5. The number of hydrogen-bond acceptors (Lipinski definition) is 5. The van der Waals surface area contributed by atoms with Crippen molar-refractivity contribution in [1.29, 1.82) is 0 Å². The molecular weight excluding hydrogens is 391 g/mol. The Labute approximate surface area is 156 Å². The normalized spacial score (nSPS) is 14.0. The molecule has 0 fully saturated rings. The third-order valence-corrected chi connectivity index (χ3v) is 5.17. The van der Waals surface area contributed by atoms with E-state index in [0.29, 0.717) is 29.1 Å². The fraction of sp³-hybridized carbons (Fsp3) is 0.312. The number of aromatic nitrogens is 1. The highest BCUT2D eigenvalue weighted by Gasteiger charge is 2.22. The average molecular weight is 406 g/mol. The molecule has 0 aliphatic carbocycles. The molecule has 0 aromatic carbocycles. The smallest absolute Gasteiger partial charge is 0.177 e. The van der Waals surface area contributed by atoms with Gasteiger partial charge < -0.3 is 15.5 Å². The molecule has 3 aromatic heterocycles. The minimum atomic E-state index is -1.20. The monoisotopic (exact) mass is 405 g/mol. The van der Waals surface area contributed by atoms with Crippen molar-refractivity contribution in [2.24, 2.45) is 5.73 Å². The molecule has 0 radical (unpaired) electrons. The summed E-state index contributed by atoms with van der Waals surface area (Å²) in [4.78, 5) is 4.99. The van der Waals surface area contributed by atoms with Crippen LogP contribution in [0.1, 0.15) is 17.6 Å². The number of hydrogen-bond donors (Lipinski definition) is 2. The fourth-order valence-electron chi connectivity index (χ4n) is 2.32. The lowest BCUT2D eigenvalue weighted by atomic mass is 10.1. The number of nitrogens with zero attached hydrogens (tertiary/aromatic N) is 1. The Morgan fingerprint density at radius 1 is 1.40 bits per heavy atom. The summed E-state index contributed by atoms with van der Waals surface area (Å²) in [6.45, 7) is 1.77. The molecule has 0 saturated carbocycles. The van der Waals surface area contributed by atoms with Crippen molar-refractivity contribution < 1.29 is 13.2 Å². The Balaban J connectivity index is 1.92. The van der Waals surface area contributed by atoms with Crippen LogP contribution in [0.3, 0.4) is 0 Å². The topological polar surface area (TPSA) is 64.1 Å². The molecule has 0 amide bonds. The summed E-state index contributed by atoms with van der Waals surface area (Å²) in [6.07, 6.45) is -1.06. The molecule has 3 heterocycles. The molecule has 0 spiro atoms. The van der Waals surface area contributed by atoms with Gasteiger partial charge in [-0.15, -0.1) is 11.3 Å². The standard InChI is InChI=1S/C16H15Cl2F2N3OS/c1-7(19)9(21)4-11-14(18)15-16(24-11)10(5-12(17)23-15)22-6-8-2-3-13(20)25-8/h2-3,5,7,9H,4,6,21H2,1H3,(H,22,23)/t7-,9+/m0/s1. The zero-order valence-electron chi connectivity index (χ0n) is 13.2. The van der Waals surface area contributed by atoms with Gasteiger partial charge in [0.15, 0.2) is 10.7 Å². The van der Waals surface area contributed by atoms with E-state index < -0.39 is 12.2 Å². The lowest BCUT2D eigenvalue weighted by Crippen LogP contribution is -2.31. The molecule has 3 aromatic rings. The van der Waals surface area contributed by atoms with Crippen LogP contribution in [0.4, 0.5) is 14.5 Å². The zero-order chi connectivity index (χ0) is 18.1. The van der Waals surface area contributed by atoms with E-state index in [4.69, 9.17) is 33.4 Å². The van der Waals surface area contributed by atoms with Gasteiger partial charge in [0.05, 0.1) is 5.69 Å². The predicted octanol–water partition coefficient (Wildman–Crippen LogP) is 5.18. The van der Waals surface area contributed by atoms with Gasteiger partial charge >= 0.3 is 0 Å². The maximum atomic E-state index is 13.3. The molecule has 9 heteroatoms. The SMILES string of the molecule is C[C@H](F)[C@H](N)Cc1oc2c(NCc3ccc(F)s3)cc(Cl)nc2c1Cl. The van der Waals surface area contributed by atoms with Gasteiger partial charge in [0.2, 0.25) is 0 Å². The van der Waals surface area contributed by atoms with E-state index in [1.54, 1.807) is 12.1 Å². The van der Waals surface area contributed by atoms with Crippen LogP contribution >= 0.6 is 34.5 Å². The van der Waals surface area contributed by atoms with Crippen molar-refractivity contribution in [3.63, 3.8) is 0 Å². The molecule has 0 saturated heterocycles. The van der Waals surface area contributed by atoms with Gasteiger partial charge in [-0.2, -0.15) is 4.39 Å². The number of pyridine rings is 1. The van der Waals surface area contributed by atoms with Crippen LogP contribution < -0.4 is 11.1 Å². The third-order valence-electron chi connectivity index (χ3n) is 3.71. The van der Waals surface area contributed by atoms with E-state index in [1.165, 1.54) is 13.0 Å². The summed E-state index contributed by atoms with van der Waals surface area (Å²) in [5.41, 5.74) is 7.10. The molecule has 0 aliphatic heterocycles. The van der Waals surface area contributed by atoms with Crippen LogP contribution in [0.25, 0.3) is 11.1 Å². The van der Waals surface area contributed by atoms with Crippen LogP contribution in [0.2, 0.25) is 10.2 Å². The van der Waals surface area contributed by atoms with Crippen LogP contribution in [0.15, 0.2) is 22.6 Å². The first-order chi connectivity index (χ1) is 11.8. The molecule has 25 heavy (non-hydrogen) atoms. The van der Waals surface area contributed by atoms with E-state index in [2.05, 4.69) is 10.3 Å². The highest BCUT2D eigenvalue weighted by Crippen LogP contribution is 2.36. The lowest BCUT2D eigenvalue weighted by molar-refractivity contribution is 0.296. The number of anilines is 1. The predicted molar refractivity (Wildman–Crippen MR) is 97.9 cm³/mol. The number of alkyl halides is 1. The summed E-state index contributed by atoms with van der Waals surface area (Å²) in [6, 6.07) is 3.95. The Morgan fingerprint density at radius 2 is 2.16 bits per heavy atom. The second-order valence-corrected chi connectivity index (χ2v) is 7.50. The van der Waals surface area contributed by atoms with Gasteiger partial charge in [-0.1, -0.05) is 23.2 Å². The van der Waals surface area contributed by atoms with Crippen molar-refractivity contribution in [1.82, 2.24) is 4.98 Å². The summed E-state index contributed by atoms with van der Waals surface area (Å²) < 4.78 is 32.2. The highest BCUT2D eigenvalue weighted by atomic mass is 35.5. The number of nitrogens with two attached hydrogens (primary N) is 1. The van der Waals surface area contributed by atoms with Crippen molar-refractivity contribution in [3.8, 4) is 0 Å². The van der Waals surface area contributed by atoms with Gasteiger partial charge in [-0.05, 0) is 19.1 Å². The highest BCUT2D eigenvalue weighted by molar-refractivity contribution is 7.10. The van der Waals surface area contributed by atoms with Gasteiger partial charge in [0.25, 0.3) is 0 Å². The Hall–Kier alpha value is -1.41. The first-order valence-electron chi connectivity index (χ1n) is 7.50. The van der Waals surface area contributed by atoms with Crippen molar-refractivity contribution in [2.45, 2.75) is 32.1 Å². The summed E-state index contributed by atoms with van der Waals surface area (Å²) in [7, 11) is 0. The first kappa shape index (κ1) is 18.4. The Bertz CT molecular complexity index is 897. The first-order valence-corrected chi connectivity index (χ1v) is 9.07. The maximum absolute atomic E-state index is 13.3. The van der Waals surface area contributed by atoms with Gasteiger partial charge in [-0.3, -0.25) is 0 Å². The average Bonchev–Trinajstić information content (AvgIpc) is 3.10. The van der Waals surface area contributed by atoms with Gasteiger partial charge in [0.1, 0.15) is 27.6 Å². The molecule has 0 unspecified atom stereocenters. The molecule has 3 rings (SSSR count). The van der Waals surface area contributed by atoms with E-state index >= 15 is 0 Å². The van der Waals surface area contributed by atoms with Crippen LogP contribution in [0.5, 0.6) is 0 Å². The lowest BCUT2D eigenvalue weighted by Gasteiger charge is -2.10. The number of nitrogens with one attached hydrogen (secondary N) is 1. The summed E-state index contributed by atoms with van der Waals surface area (Å²) in [5.74, 6) is 0.355. The number of thiophene rings is 1. The van der Waals surface area contributed by atoms with Crippen molar-refractivity contribution >= 4 is 51.3 Å². The number of furan rings is 1. The maximum Gasteiger partial charge on any atom is 0.177 e. The summed E-state index contributed by atoms with van der Waals surface area (Å²) in [5, 5.41) is 3.37. The molecule has 0 aliphatic rings. The molecule has 0 bridgehead atoms. The second kappa shape index (κ2) is 7.45. The summed E-state index contributed by atoms with van der Waals surface area (Å²) >= 11 is 13.4. The second-order valence-electron chi connectivity index (χ2n) is 5.61.